The number of hydrogen-bond donors (Lipinski definition) is 1. The summed E-state index contributed by atoms with van der Waals surface area (Å²) in [6.07, 6.45) is 1.93. The Bertz CT molecular complexity index is 656. The van der Waals surface area contributed by atoms with Crippen LogP contribution in [0.2, 0.25) is 0 Å². The van der Waals surface area contributed by atoms with Crippen LogP contribution in [0, 0.1) is 20.8 Å². The molecular formula is C15H21N5. The van der Waals surface area contributed by atoms with Gasteiger partial charge in [-0.1, -0.05) is 13.8 Å². The topological polar surface area (TPSA) is 57.7 Å². The lowest BCUT2D eigenvalue weighted by molar-refractivity contribution is 0.461. The van der Waals surface area contributed by atoms with Gasteiger partial charge in [0.2, 0.25) is 0 Å². The maximum Gasteiger partial charge on any atom is 0.135 e. The molecule has 2 aromatic heterocycles. The van der Waals surface area contributed by atoms with Gasteiger partial charge in [-0.2, -0.15) is 5.10 Å². The number of anilines is 1. The Morgan fingerprint density at radius 2 is 1.95 bits per heavy atom. The Morgan fingerprint density at radius 3 is 2.70 bits per heavy atom. The number of fused-ring (bicyclic) bond motifs is 1. The summed E-state index contributed by atoms with van der Waals surface area (Å²) < 4.78 is 0. The second kappa shape index (κ2) is 4.30. The fourth-order valence-electron chi connectivity index (χ4n) is 3.04. The zero-order valence-corrected chi connectivity index (χ0v) is 12.8. The van der Waals surface area contributed by atoms with Gasteiger partial charge in [-0.25, -0.2) is 9.97 Å². The molecule has 0 bridgehead atoms. The molecule has 20 heavy (non-hydrogen) atoms. The molecule has 0 atom stereocenters. The monoisotopic (exact) mass is 271 g/mol. The first-order valence-electron chi connectivity index (χ1n) is 6.98. The lowest BCUT2D eigenvalue weighted by atomic mass is 9.83. The maximum atomic E-state index is 4.66. The molecule has 1 aliphatic heterocycles. The molecule has 0 amide bonds. The SMILES string of the molecule is Cc1nc(C)c(C)c(N2Cc3cn[nH]c3C(C)(C)C2)n1. The van der Waals surface area contributed by atoms with Crippen molar-refractivity contribution in [2.75, 3.05) is 11.4 Å². The van der Waals surface area contributed by atoms with Crippen molar-refractivity contribution in [3.8, 4) is 0 Å². The van der Waals surface area contributed by atoms with Crippen LogP contribution in [0.4, 0.5) is 5.82 Å². The molecular weight excluding hydrogens is 250 g/mol. The molecule has 0 unspecified atom stereocenters. The molecule has 1 aliphatic rings. The van der Waals surface area contributed by atoms with Crippen LogP contribution in [-0.2, 0) is 12.0 Å². The van der Waals surface area contributed by atoms with Gasteiger partial charge in [-0.15, -0.1) is 0 Å². The van der Waals surface area contributed by atoms with E-state index in [1.54, 1.807) is 0 Å². The Hall–Kier alpha value is -1.91. The van der Waals surface area contributed by atoms with Crippen molar-refractivity contribution in [2.45, 2.75) is 46.6 Å². The molecule has 2 aromatic rings. The number of hydrogen-bond acceptors (Lipinski definition) is 4. The summed E-state index contributed by atoms with van der Waals surface area (Å²) >= 11 is 0. The van der Waals surface area contributed by atoms with E-state index < -0.39 is 0 Å². The normalized spacial score (nSPS) is 17.1. The first kappa shape index (κ1) is 13.1. The Kier molecular flexibility index (Phi) is 2.81. The van der Waals surface area contributed by atoms with E-state index in [9.17, 15) is 0 Å². The third kappa shape index (κ3) is 1.97. The summed E-state index contributed by atoms with van der Waals surface area (Å²) in [5.74, 6) is 1.88. The first-order chi connectivity index (χ1) is 9.38. The van der Waals surface area contributed by atoms with E-state index >= 15 is 0 Å². The van der Waals surface area contributed by atoms with E-state index in [4.69, 9.17) is 0 Å². The smallest absolute Gasteiger partial charge is 0.135 e. The van der Waals surface area contributed by atoms with Crippen LogP contribution in [0.25, 0.3) is 0 Å². The van der Waals surface area contributed by atoms with Crippen LogP contribution < -0.4 is 4.90 Å². The van der Waals surface area contributed by atoms with Gasteiger partial charge in [0.25, 0.3) is 0 Å². The molecule has 106 valence electrons. The van der Waals surface area contributed by atoms with E-state index in [0.29, 0.717) is 0 Å². The molecule has 0 aromatic carbocycles. The molecule has 5 nitrogen and oxygen atoms in total. The van der Waals surface area contributed by atoms with Crippen LogP contribution in [-0.4, -0.2) is 26.7 Å². The zero-order valence-electron chi connectivity index (χ0n) is 12.8. The van der Waals surface area contributed by atoms with Crippen molar-refractivity contribution >= 4 is 5.82 Å². The quantitative estimate of drug-likeness (QED) is 0.865. The standard InChI is InChI=1S/C15H21N5/c1-9-10(2)17-11(3)18-14(9)20-7-12-6-16-19-13(12)15(4,5)8-20/h6H,7-8H2,1-5H3,(H,16,19). The van der Waals surface area contributed by atoms with Gasteiger partial charge in [0.05, 0.1) is 6.20 Å². The number of aryl methyl sites for hydroxylation is 2. The second-order valence-electron chi connectivity index (χ2n) is 6.32. The van der Waals surface area contributed by atoms with E-state index in [1.165, 1.54) is 16.8 Å². The van der Waals surface area contributed by atoms with E-state index in [2.05, 4.69) is 45.8 Å². The number of nitrogens with zero attached hydrogens (tertiary/aromatic N) is 4. The number of aromatic nitrogens is 4. The third-order valence-electron chi connectivity index (χ3n) is 4.12. The predicted octanol–water partition coefficient (Wildman–Crippen LogP) is 2.42. The van der Waals surface area contributed by atoms with E-state index in [1.807, 2.05) is 20.0 Å². The molecule has 0 spiro atoms. The summed E-state index contributed by atoms with van der Waals surface area (Å²) in [7, 11) is 0. The fourth-order valence-corrected chi connectivity index (χ4v) is 3.04. The Labute approximate surface area is 119 Å². The van der Waals surface area contributed by atoms with Crippen molar-refractivity contribution in [3.05, 3.63) is 34.5 Å². The van der Waals surface area contributed by atoms with Crippen LogP contribution in [0.3, 0.4) is 0 Å². The number of H-pyrrole nitrogens is 1. The highest BCUT2D eigenvalue weighted by Crippen LogP contribution is 2.34. The summed E-state index contributed by atoms with van der Waals surface area (Å²) in [6.45, 7) is 12.4. The molecule has 3 heterocycles. The third-order valence-corrected chi connectivity index (χ3v) is 4.12. The zero-order chi connectivity index (χ0) is 14.5. The molecule has 3 rings (SSSR count). The average molecular weight is 271 g/mol. The van der Waals surface area contributed by atoms with Gasteiger partial charge in [-0.05, 0) is 20.8 Å². The van der Waals surface area contributed by atoms with E-state index in [0.717, 1.165) is 30.4 Å². The molecule has 1 N–H and O–H groups in total. The van der Waals surface area contributed by atoms with Gasteiger partial charge in [0.1, 0.15) is 11.6 Å². The van der Waals surface area contributed by atoms with Gasteiger partial charge in [0, 0.05) is 41.0 Å². The molecule has 0 saturated heterocycles. The number of rotatable bonds is 1. The largest absolute Gasteiger partial charge is 0.351 e. The van der Waals surface area contributed by atoms with Crippen molar-refractivity contribution in [1.82, 2.24) is 20.2 Å². The molecule has 0 radical (unpaired) electrons. The van der Waals surface area contributed by atoms with E-state index in [-0.39, 0.29) is 5.41 Å². The minimum atomic E-state index is 0.0449. The Morgan fingerprint density at radius 1 is 1.20 bits per heavy atom. The predicted molar refractivity (Wildman–Crippen MR) is 78.9 cm³/mol. The summed E-state index contributed by atoms with van der Waals surface area (Å²) in [6, 6.07) is 0. The van der Waals surface area contributed by atoms with Crippen LogP contribution in [0.15, 0.2) is 6.20 Å². The lowest BCUT2D eigenvalue weighted by Gasteiger charge is -2.38. The average Bonchev–Trinajstić information content (AvgIpc) is 2.82. The van der Waals surface area contributed by atoms with Crippen LogP contribution in [0.5, 0.6) is 0 Å². The number of nitrogens with one attached hydrogen (secondary N) is 1. The van der Waals surface area contributed by atoms with Gasteiger partial charge < -0.3 is 4.90 Å². The maximum absolute atomic E-state index is 4.66. The summed E-state index contributed by atoms with van der Waals surface area (Å²) in [5, 5.41) is 7.35. The van der Waals surface area contributed by atoms with Crippen molar-refractivity contribution in [2.24, 2.45) is 0 Å². The number of aromatic amines is 1. The van der Waals surface area contributed by atoms with Crippen molar-refractivity contribution < 1.29 is 0 Å². The second-order valence-corrected chi connectivity index (χ2v) is 6.32. The Balaban J connectivity index is 2.06. The molecule has 0 fully saturated rings. The highest BCUT2D eigenvalue weighted by molar-refractivity contribution is 5.51. The fraction of sp³-hybridized carbons (Fsp3) is 0.533. The van der Waals surface area contributed by atoms with Crippen LogP contribution in [0.1, 0.15) is 42.2 Å². The van der Waals surface area contributed by atoms with Gasteiger partial charge >= 0.3 is 0 Å². The minimum Gasteiger partial charge on any atom is -0.351 e. The summed E-state index contributed by atoms with van der Waals surface area (Å²) in [5.41, 5.74) is 4.77. The van der Waals surface area contributed by atoms with Crippen LogP contribution >= 0.6 is 0 Å². The van der Waals surface area contributed by atoms with Gasteiger partial charge in [0.15, 0.2) is 0 Å². The lowest BCUT2D eigenvalue weighted by Crippen LogP contribution is -2.43. The molecule has 0 saturated carbocycles. The van der Waals surface area contributed by atoms with Crippen molar-refractivity contribution in [1.29, 1.82) is 0 Å². The highest BCUT2D eigenvalue weighted by Gasteiger charge is 2.34. The minimum absolute atomic E-state index is 0.0449. The highest BCUT2D eigenvalue weighted by atomic mass is 15.2. The van der Waals surface area contributed by atoms with Crippen molar-refractivity contribution in [3.63, 3.8) is 0 Å². The molecule has 5 heteroatoms. The summed E-state index contributed by atoms with van der Waals surface area (Å²) in [4.78, 5) is 11.4. The molecule has 0 aliphatic carbocycles. The first-order valence-corrected chi connectivity index (χ1v) is 6.98. The van der Waals surface area contributed by atoms with Gasteiger partial charge in [-0.3, -0.25) is 5.10 Å².